The molecule has 0 amide bonds. The second-order valence-corrected chi connectivity index (χ2v) is 8.27. The van der Waals surface area contributed by atoms with E-state index in [-0.39, 0.29) is 0 Å². The van der Waals surface area contributed by atoms with Gasteiger partial charge in [-0.3, -0.25) is 4.98 Å². The van der Waals surface area contributed by atoms with Gasteiger partial charge in [-0.2, -0.15) is 5.26 Å². The summed E-state index contributed by atoms with van der Waals surface area (Å²) in [7, 11) is 0. The Labute approximate surface area is 154 Å². The summed E-state index contributed by atoms with van der Waals surface area (Å²) in [5.41, 5.74) is 1.77. The number of nitriles is 1. The van der Waals surface area contributed by atoms with Crippen molar-refractivity contribution in [2.45, 2.75) is 51.9 Å². The molecule has 0 saturated carbocycles. The summed E-state index contributed by atoms with van der Waals surface area (Å²) in [5.74, 6) is 1.32. The highest BCUT2D eigenvalue weighted by Gasteiger charge is 2.39. The van der Waals surface area contributed by atoms with E-state index in [1.807, 2.05) is 6.20 Å². The van der Waals surface area contributed by atoms with E-state index in [0.29, 0.717) is 17.8 Å². The Morgan fingerprint density at radius 2 is 2.21 bits per heavy atom. The molecule has 0 saturated heterocycles. The quantitative estimate of drug-likeness (QED) is 0.564. The van der Waals surface area contributed by atoms with Crippen LogP contribution in [0.3, 0.4) is 0 Å². The van der Waals surface area contributed by atoms with Gasteiger partial charge in [-0.25, -0.2) is 0 Å². The van der Waals surface area contributed by atoms with Crippen LogP contribution in [-0.2, 0) is 5.41 Å². The smallest absolute Gasteiger partial charge is 0.0848 e. The number of rotatable bonds is 5. The van der Waals surface area contributed by atoms with Gasteiger partial charge in [0.05, 0.1) is 11.5 Å². The number of aromatic nitrogens is 1. The van der Waals surface area contributed by atoms with Crippen molar-refractivity contribution >= 4 is 15.9 Å². The minimum atomic E-state index is -0.479. The minimum Gasteiger partial charge on any atom is -0.263 e. The number of halogens is 1. The molecule has 0 aliphatic heterocycles. The highest BCUT2D eigenvalue weighted by atomic mass is 79.9. The highest BCUT2D eigenvalue weighted by Crippen LogP contribution is 2.43. The molecule has 0 spiro atoms. The number of nitrogens with zero attached hydrogens (tertiary/aromatic N) is 2. The van der Waals surface area contributed by atoms with Crippen LogP contribution in [0.1, 0.15) is 52.0 Å². The Balaban J connectivity index is 2.41. The maximum absolute atomic E-state index is 10.1. The van der Waals surface area contributed by atoms with Crippen LogP contribution >= 0.6 is 15.9 Å². The lowest BCUT2D eigenvalue weighted by atomic mass is 9.69. The van der Waals surface area contributed by atoms with E-state index in [4.69, 9.17) is 0 Å². The molecule has 4 unspecified atom stereocenters. The summed E-state index contributed by atoms with van der Waals surface area (Å²) < 4.78 is 0.935. The lowest BCUT2D eigenvalue weighted by Gasteiger charge is -2.33. The molecule has 128 valence electrons. The van der Waals surface area contributed by atoms with Gasteiger partial charge in [0.1, 0.15) is 0 Å². The first-order valence-corrected chi connectivity index (χ1v) is 9.54. The van der Waals surface area contributed by atoms with Crippen molar-refractivity contribution in [2.24, 2.45) is 17.8 Å². The third-order valence-corrected chi connectivity index (χ3v) is 5.59. The molecule has 0 fully saturated rings. The van der Waals surface area contributed by atoms with Crippen molar-refractivity contribution in [3.63, 3.8) is 0 Å². The van der Waals surface area contributed by atoms with Gasteiger partial charge in [-0.15, -0.1) is 6.58 Å². The molecular weight excluding hydrogens is 360 g/mol. The second-order valence-electron chi connectivity index (χ2n) is 7.35. The highest BCUT2D eigenvalue weighted by molar-refractivity contribution is 9.10. The maximum Gasteiger partial charge on any atom is 0.0848 e. The molecule has 0 N–H and O–H groups in total. The summed E-state index contributed by atoms with van der Waals surface area (Å²) in [6.45, 7) is 10.6. The molecule has 1 aromatic heterocycles. The lowest BCUT2D eigenvalue weighted by Crippen LogP contribution is -2.30. The zero-order valence-corrected chi connectivity index (χ0v) is 16.5. The predicted octanol–water partition coefficient (Wildman–Crippen LogP) is 6.20. The molecule has 1 aromatic rings. The van der Waals surface area contributed by atoms with Gasteiger partial charge < -0.3 is 0 Å². The monoisotopic (exact) mass is 386 g/mol. The molecule has 2 nitrogen and oxygen atoms in total. The number of hydrogen-bond acceptors (Lipinski definition) is 2. The van der Waals surface area contributed by atoms with Gasteiger partial charge in [0.25, 0.3) is 0 Å². The van der Waals surface area contributed by atoms with Gasteiger partial charge in [-0.05, 0) is 71.5 Å². The molecule has 1 aliphatic carbocycles. The van der Waals surface area contributed by atoms with E-state index in [1.54, 1.807) is 6.20 Å². The van der Waals surface area contributed by atoms with Crippen molar-refractivity contribution in [3.05, 3.63) is 52.8 Å². The summed E-state index contributed by atoms with van der Waals surface area (Å²) in [6, 6.07) is 4.73. The first kappa shape index (κ1) is 18.9. The van der Waals surface area contributed by atoms with Gasteiger partial charge in [-0.1, -0.05) is 38.0 Å². The van der Waals surface area contributed by atoms with Gasteiger partial charge in [0.15, 0.2) is 0 Å². The van der Waals surface area contributed by atoms with Crippen LogP contribution in [0.4, 0.5) is 0 Å². The Kier molecular flexibility index (Phi) is 6.40. The van der Waals surface area contributed by atoms with Crippen LogP contribution in [0.5, 0.6) is 0 Å². The van der Waals surface area contributed by atoms with E-state index in [1.165, 1.54) is 5.57 Å². The first-order valence-electron chi connectivity index (χ1n) is 8.75. The molecule has 0 bridgehead atoms. The van der Waals surface area contributed by atoms with Crippen molar-refractivity contribution in [2.75, 3.05) is 0 Å². The van der Waals surface area contributed by atoms with E-state index >= 15 is 0 Å². The van der Waals surface area contributed by atoms with Gasteiger partial charge in [0.2, 0.25) is 0 Å². The molecule has 1 aliphatic rings. The second kappa shape index (κ2) is 8.12. The summed E-state index contributed by atoms with van der Waals surface area (Å²) in [6.07, 6.45) is 12.1. The van der Waals surface area contributed by atoms with Crippen LogP contribution < -0.4 is 0 Å². The van der Waals surface area contributed by atoms with E-state index in [9.17, 15) is 5.26 Å². The van der Waals surface area contributed by atoms with Crippen LogP contribution in [0.25, 0.3) is 0 Å². The van der Waals surface area contributed by atoms with Crippen LogP contribution in [-0.4, -0.2) is 4.98 Å². The SMILES string of the molecule is C=C(C)CC(CC)C1C=CC(C)CC(C#N)(c2cncc(Br)c2)C1. The van der Waals surface area contributed by atoms with E-state index in [0.717, 1.165) is 35.7 Å². The summed E-state index contributed by atoms with van der Waals surface area (Å²) in [5, 5.41) is 10.1. The van der Waals surface area contributed by atoms with E-state index < -0.39 is 5.41 Å². The summed E-state index contributed by atoms with van der Waals surface area (Å²) >= 11 is 3.51. The van der Waals surface area contributed by atoms with E-state index in [2.05, 4.69) is 72.6 Å². The molecule has 2 rings (SSSR count). The molecule has 1 heterocycles. The zero-order valence-electron chi connectivity index (χ0n) is 14.9. The number of pyridine rings is 1. The van der Waals surface area contributed by atoms with Crippen molar-refractivity contribution < 1.29 is 0 Å². The van der Waals surface area contributed by atoms with Crippen LogP contribution in [0, 0.1) is 29.1 Å². The maximum atomic E-state index is 10.1. The fraction of sp³-hybridized carbons (Fsp3) is 0.524. The van der Waals surface area contributed by atoms with Crippen molar-refractivity contribution in [3.8, 4) is 6.07 Å². The average molecular weight is 387 g/mol. The number of hydrogen-bond donors (Lipinski definition) is 0. The standard InChI is InChI=1S/C21H27BrN2/c1-5-17(8-15(2)3)18-7-6-16(4)10-21(11-18,14-23)19-9-20(22)13-24-12-19/h6-7,9,12-13,16-18H,2,5,8,10-11H2,1,3-4H3. The Hall–Kier alpha value is -1.40. The van der Waals surface area contributed by atoms with Gasteiger partial charge in [0, 0.05) is 16.9 Å². The third-order valence-electron chi connectivity index (χ3n) is 5.15. The first-order chi connectivity index (χ1) is 11.4. The summed E-state index contributed by atoms with van der Waals surface area (Å²) in [4.78, 5) is 4.31. The Morgan fingerprint density at radius 1 is 1.46 bits per heavy atom. The molecule has 4 atom stereocenters. The average Bonchev–Trinajstić information content (AvgIpc) is 2.72. The third kappa shape index (κ3) is 4.36. The Bertz CT molecular complexity index is 658. The molecule has 3 heteroatoms. The fourth-order valence-electron chi connectivity index (χ4n) is 3.94. The molecule has 24 heavy (non-hydrogen) atoms. The van der Waals surface area contributed by atoms with Crippen LogP contribution in [0.2, 0.25) is 0 Å². The molecule has 0 aromatic carbocycles. The van der Waals surface area contributed by atoms with Crippen molar-refractivity contribution in [1.82, 2.24) is 4.98 Å². The normalized spacial score (nSPS) is 28.0. The molecule has 0 radical (unpaired) electrons. The number of allylic oxidation sites excluding steroid dienone is 3. The fourth-order valence-corrected chi connectivity index (χ4v) is 4.30. The van der Waals surface area contributed by atoms with Gasteiger partial charge >= 0.3 is 0 Å². The Morgan fingerprint density at radius 3 is 2.79 bits per heavy atom. The topological polar surface area (TPSA) is 36.7 Å². The molecular formula is C21H27BrN2. The zero-order chi connectivity index (χ0) is 17.7. The van der Waals surface area contributed by atoms with Crippen molar-refractivity contribution in [1.29, 1.82) is 5.26 Å². The predicted molar refractivity (Wildman–Crippen MR) is 103 cm³/mol. The largest absolute Gasteiger partial charge is 0.263 e. The minimum absolute atomic E-state index is 0.385. The lowest BCUT2D eigenvalue weighted by molar-refractivity contribution is 0.299. The van der Waals surface area contributed by atoms with Crippen LogP contribution in [0.15, 0.2) is 47.2 Å².